The fourth-order valence-electron chi connectivity index (χ4n) is 1.24. The van der Waals surface area contributed by atoms with E-state index in [1.165, 1.54) is 0 Å². The van der Waals surface area contributed by atoms with Crippen LogP contribution in [0.1, 0.15) is 11.3 Å². The van der Waals surface area contributed by atoms with Crippen LogP contribution in [-0.2, 0) is 22.5 Å². The number of hydrogen-bond acceptors (Lipinski definition) is 5. The van der Waals surface area contributed by atoms with Crippen LogP contribution in [-0.4, -0.2) is 24.4 Å². The minimum absolute atomic E-state index is 0.0119. The minimum atomic E-state index is -4.87. The topological polar surface area (TPSA) is 74.4 Å². The van der Waals surface area contributed by atoms with Crippen molar-refractivity contribution >= 4 is 28.6 Å². The molecule has 0 aromatic carbocycles. The Labute approximate surface area is 120 Å². The van der Waals surface area contributed by atoms with Crippen molar-refractivity contribution in [3.05, 3.63) is 21.0 Å². The van der Waals surface area contributed by atoms with Gasteiger partial charge in [0, 0.05) is 12.1 Å². The molecule has 0 bridgehead atoms. The van der Waals surface area contributed by atoms with Gasteiger partial charge in [0.2, 0.25) is 0 Å². The molecule has 0 aliphatic heterocycles. The standard InChI is InChI=1S/C10H10F3IN2O3/c1-18-8(17)3-6-7(19-10(11,12)13)2-5(4-15)9(14)16-6/h2H,3-4,15H2,1H3. The number of alkyl halides is 3. The van der Waals surface area contributed by atoms with Gasteiger partial charge in [-0.15, -0.1) is 13.2 Å². The first-order chi connectivity index (χ1) is 8.76. The van der Waals surface area contributed by atoms with E-state index in [-0.39, 0.29) is 12.2 Å². The van der Waals surface area contributed by atoms with Crippen molar-refractivity contribution in [2.75, 3.05) is 7.11 Å². The van der Waals surface area contributed by atoms with Gasteiger partial charge in [0.05, 0.1) is 19.2 Å². The van der Waals surface area contributed by atoms with Crippen LogP contribution < -0.4 is 10.5 Å². The Balaban J connectivity index is 3.18. The summed E-state index contributed by atoms with van der Waals surface area (Å²) in [5.41, 5.74) is 5.64. The molecule has 0 atom stereocenters. The van der Waals surface area contributed by atoms with Crippen LogP contribution in [0.5, 0.6) is 5.75 Å². The lowest BCUT2D eigenvalue weighted by atomic mass is 10.2. The monoisotopic (exact) mass is 390 g/mol. The largest absolute Gasteiger partial charge is 0.573 e. The maximum Gasteiger partial charge on any atom is 0.573 e. The molecule has 1 aromatic rings. The molecule has 0 unspecified atom stereocenters. The van der Waals surface area contributed by atoms with Crippen molar-refractivity contribution in [1.29, 1.82) is 0 Å². The van der Waals surface area contributed by atoms with Crippen LogP contribution in [0.2, 0.25) is 0 Å². The Morgan fingerprint density at radius 2 is 2.16 bits per heavy atom. The van der Waals surface area contributed by atoms with E-state index in [0.717, 1.165) is 13.2 Å². The number of rotatable bonds is 4. The molecular weight excluding hydrogens is 380 g/mol. The van der Waals surface area contributed by atoms with Crippen molar-refractivity contribution in [2.45, 2.75) is 19.3 Å². The van der Waals surface area contributed by atoms with Gasteiger partial charge in [-0.05, 0) is 28.7 Å². The Bertz CT molecular complexity index is 480. The molecule has 9 heteroatoms. The first-order valence-corrected chi connectivity index (χ1v) is 6.05. The number of nitrogens with zero attached hydrogens (tertiary/aromatic N) is 1. The summed E-state index contributed by atoms with van der Waals surface area (Å²) in [4.78, 5) is 15.0. The molecule has 106 valence electrons. The molecular formula is C10H10F3IN2O3. The van der Waals surface area contributed by atoms with E-state index in [4.69, 9.17) is 5.73 Å². The first-order valence-electron chi connectivity index (χ1n) is 4.97. The summed E-state index contributed by atoms with van der Waals surface area (Å²) in [7, 11) is 1.13. The molecule has 0 aliphatic carbocycles. The molecule has 0 amide bonds. The van der Waals surface area contributed by atoms with E-state index in [2.05, 4.69) is 14.5 Å². The van der Waals surface area contributed by atoms with E-state index < -0.39 is 24.5 Å². The third-order valence-electron chi connectivity index (χ3n) is 2.07. The number of carbonyl (C=O) groups is 1. The van der Waals surface area contributed by atoms with Gasteiger partial charge in [-0.25, -0.2) is 4.98 Å². The molecule has 0 saturated carbocycles. The number of halogens is 4. The van der Waals surface area contributed by atoms with Gasteiger partial charge in [0.1, 0.15) is 3.70 Å². The number of methoxy groups -OCH3 is 1. The number of aromatic nitrogens is 1. The maximum atomic E-state index is 12.3. The Morgan fingerprint density at radius 3 is 2.63 bits per heavy atom. The molecule has 0 saturated heterocycles. The lowest BCUT2D eigenvalue weighted by Crippen LogP contribution is -2.20. The van der Waals surface area contributed by atoms with Crippen molar-refractivity contribution in [3.63, 3.8) is 0 Å². The number of pyridine rings is 1. The molecule has 0 fully saturated rings. The lowest BCUT2D eigenvalue weighted by molar-refractivity contribution is -0.275. The molecule has 1 aromatic heterocycles. The van der Waals surface area contributed by atoms with Crippen molar-refractivity contribution < 1.29 is 27.4 Å². The van der Waals surface area contributed by atoms with Gasteiger partial charge < -0.3 is 15.2 Å². The van der Waals surface area contributed by atoms with Crippen molar-refractivity contribution in [2.24, 2.45) is 5.73 Å². The highest BCUT2D eigenvalue weighted by atomic mass is 127. The molecule has 0 aliphatic rings. The highest BCUT2D eigenvalue weighted by Crippen LogP contribution is 2.28. The Morgan fingerprint density at radius 1 is 1.53 bits per heavy atom. The molecule has 0 radical (unpaired) electrons. The number of esters is 1. The Kier molecular flexibility index (Phi) is 5.35. The van der Waals surface area contributed by atoms with E-state index in [0.29, 0.717) is 9.26 Å². The summed E-state index contributed by atoms with van der Waals surface area (Å²) in [6, 6.07) is 1.13. The van der Waals surface area contributed by atoms with E-state index in [1.54, 1.807) is 0 Å². The van der Waals surface area contributed by atoms with Gasteiger partial charge in [-0.1, -0.05) is 0 Å². The van der Waals surface area contributed by atoms with Crippen LogP contribution in [0.4, 0.5) is 13.2 Å². The van der Waals surface area contributed by atoms with Crippen LogP contribution in [0.25, 0.3) is 0 Å². The third kappa shape index (κ3) is 4.82. The van der Waals surface area contributed by atoms with Crippen LogP contribution in [0.3, 0.4) is 0 Å². The fourth-order valence-corrected chi connectivity index (χ4v) is 1.91. The average molecular weight is 390 g/mol. The van der Waals surface area contributed by atoms with Gasteiger partial charge >= 0.3 is 12.3 Å². The highest BCUT2D eigenvalue weighted by molar-refractivity contribution is 14.1. The van der Waals surface area contributed by atoms with Crippen LogP contribution in [0.15, 0.2) is 6.07 Å². The zero-order valence-corrected chi connectivity index (χ0v) is 11.9. The second-order valence-electron chi connectivity index (χ2n) is 3.39. The van der Waals surface area contributed by atoms with Crippen molar-refractivity contribution in [3.8, 4) is 5.75 Å². The van der Waals surface area contributed by atoms with Gasteiger partial charge in [-0.3, -0.25) is 4.79 Å². The second kappa shape index (κ2) is 6.37. The quantitative estimate of drug-likeness (QED) is 0.482. The zero-order valence-electron chi connectivity index (χ0n) is 9.75. The molecule has 2 N–H and O–H groups in total. The SMILES string of the molecule is COC(=O)Cc1nc(I)c(CN)cc1OC(F)(F)F. The van der Waals surface area contributed by atoms with E-state index >= 15 is 0 Å². The number of hydrogen-bond donors (Lipinski definition) is 1. The molecule has 19 heavy (non-hydrogen) atoms. The fraction of sp³-hybridized carbons (Fsp3) is 0.400. The predicted molar refractivity (Wildman–Crippen MR) is 67.2 cm³/mol. The highest BCUT2D eigenvalue weighted by Gasteiger charge is 2.33. The number of carbonyl (C=O) groups excluding carboxylic acids is 1. The molecule has 0 spiro atoms. The zero-order chi connectivity index (χ0) is 14.6. The lowest BCUT2D eigenvalue weighted by Gasteiger charge is -2.14. The molecule has 5 nitrogen and oxygen atoms in total. The second-order valence-corrected chi connectivity index (χ2v) is 4.41. The third-order valence-corrected chi connectivity index (χ3v) is 3.01. The van der Waals surface area contributed by atoms with Crippen LogP contribution >= 0.6 is 22.6 Å². The van der Waals surface area contributed by atoms with Crippen molar-refractivity contribution in [1.82, 2.24) is 4.98 Å². The summed E-state index contributed by atoms with van der Waals surface area (Å²) in [5.74, 6) is -1.26. The summed E-state index contributed by atoms with van der Waals surface area (Å²) >= 11 is 1.82. The predicted octanol–water partition coefficient (Wildman–Crippen LogP) is 1.76. The summed E-state index contributed by atoms with van der Waals surface area (Å²) < 4.78 is 45.5. The average Bonchev–Trinajstić information content (AvgIpc) is 2.30. The summed E-state index contributed by atoms with van der Waals surface area (Å²) in [6.07, 6.45) is -5.28. The van der Waals surface area contributed by atoms with Gasteiger partial charge in [-0.2, -0.15) is 0 Å². The minimum Gasteiger partial charge on any atom is -0.469 e. The first kappa shape index (κ1) is 16.0. The number of nitrogens with two attached hydrogens (primary N) is 1. The smallest absolute Gasteiger partial charge is 0.469 e. The van der Waals surface area contributed by atoms with E-state index in [9.17, 15) is 18.0 Å². The summed E-state index contributed by atoms with van der Waals surface area (Å²) in [6.45, 7) is 0.0119. The maximum absolute atomic E-state index is 12.3. The normalized spacial score (nSPS) is 11.3. The summed E-state index contributed by atoms with van der Waals surface area (Å²) in [5, 5.41) is 0. The van der Waals surface area contributed by atoms with Crippen LogP contribution in [0, 0.1) is 3.70 Å². The van der Waals surface area contributed by atoms with Gasteiger partial charge in [0.15, 0.2) is 5.75 Å². The van der Waals surface area contributed by atoms with E-state index in [1.807, 2.05) is 22.6 Å². The molecule has 1 heterocycles. The number of ether oxygens (including phenoxy) is 2. The Hall–Kier alpha value is -1.10. The van der Waals surface area contributed by atoms with Gasteiger partial charge in [0.25, 0.3) is 0 Å². The molecule has 1 rings (SSSR count).